The van der Waals surface area contributed by atoms with Crippen molar-refractivity contribution >= 4 is 12.1 Å². The molecular weight excluding hydrogens is 174 g/mol. The first-order valence-corrected chi connectivity index (χ1v) is 4.04. The molecule has 0 aromatic carbocycles. The van der Waals surface area contributed by atoms with Crippen LogP contribution in [0.3, 0.4) is 0 Å². The van der Waals surface area contributed by atoms with Crippen LogP contribution in [-0.2, 0) is 9.53 Å². The lowest BCUT2D eigenvalue weighted by Crippen LogP contribution is -2.34. The number of hydrogen-bond donors (Lipinski definition) is 2. The highest BCUT2D eigenvalue weighted by Crippen LogP contribution is 2.05. The third-order valence-electron chi connectivity index (χ3n) is 1.68. The fourth-order valence-electron chi connectivity index (χ4n) is 0.950. The van der Waals surface area contributed by atoms with Gasteiger partial charge in [0.15, 0.2) is 0 Å². The molecule has 1 amide bonds. The summed E-state index contributed by atoms with van der Waals surface area (Å²) >= 11 is 0. The molecular formula is C8H15NO4. The van der Waals surface area contributed by atoms with Gasteiger partial charge in [0, 0.05) is 6.04 Å². The van der Waals surface area contributed by atoms with Crippen molar-refractivity contribution in [3.05, 3.63) is 0 Å². The van der Waals surface area contributed by atoms with E-state index in [9.17, 15) is 9.59 Å². The van der Waals surface area contributed by atoms with E-state index in [1.165, 1.54) is 7.11 Å². The summed E-state index contributed by atoms with van der Waals surface area (Å²) in [5.41, 5.74) is 0. The van der Waals surface area contributed by atoms with E-state index in [2.05, 4.69) is 10.1 Å². The number of carbonyl (C=O) groups is 2. The molecule has 0 heterocycles. The van der Waals surface area contributed by atoms with E-state index in [0.717, 1.165) is 0 Å². The molecule has 5 nitrogen and oxygen atoms in total. The standard InChI is InChI=1S/C8H15NO4/c1-5(7(10)11)4-6(2)9-8(12)13-3/h5-6H,4H2,1-3H3,(H,9,12)(H,10,11). The van der Waals surface area contributed by atoms with Gasteiger partial charge >= 0.3 is 12.1 Å². The molecule has 0 aromatic rings. The van der Waals surface area contributed by atoms with Gasteiger partial charge in [-0.3, -0.25) is 4.79 Å². The summed E-state index contributed by atoms with van der Waals surface area (Å²) in [6.45, 7) is 3.33. The van der Waals surface area contributed by atoms with E-state index in [4.69, 9.17) is 5.11 Å². The van der Waals surface area contributed by atoms with E-state index in [-0.39, 0.29) is 6.04 Å². The number of methoxy groups -OCH3 is 1. The lowest BCUT2D eigenvalue weighted by Gasteiger charge is -2.14. The normalized spacial score (nSPS) is 14.4. The monoisotopic (exact) mass is 189 g/mol. The summed E-state index contributed by atoms with van der Waals surface area (Å²) in [6, 6.07) is -0.196. The molecule has 0 aliphatic rings. The second-order valence-electron chi connectivity index (χ2n) is 3.01. The molecule has 5 heteroatoms. The lowest BCUT2D eigenvalue weighted by atomic mass is 10.0. The van der Waals surface area contributed by atoms with Crippen LogP contribution >= 0.6 is 0 Å². The Morgan fingerprint density at radius 1 is 1.46 bits per heavy atom. The minimum absolute atomic E-state index is 0.196. The van der Waals surface area contributed by atoms with Crippen molar-refractivity contribution in [3.8, 4) is 0 Å². The van der Waals surface area contributed by atoms with Crippen molar-refractivity contribution in [1.29, 1.82) is 0 Å². The first-order valence-electron chi connectivity index (χ1n) is 4.04. The lowest BCUT2D eigenvalue weighted by molar-refractivity contribution is -0.141. The Morgan fingerprint density at radius 3 is 2.38 bits per heavy atom. The van der Waals surface area contributed by atoms with Gasteiger partial charge in [-0.25, -0.2) is 4.79 Å². The van der Waals surface area contributed by atoms with Gasteiger partial charge in [0.25, 0.3) is 0 Å². The molecule has 0 saturated heterocycles. The third kappa shape index (κ3) is 5.05. The van der Waals surface area contributed by atoms with Crippen LogP contribution in [0.2, 0.25) is 0 Å². The molecule has 0 rings (SSSR count). The largest absolute Gasteiger partial charge is 0.481 e. The van der Waals surface area contributed by atoms with Crippen LogP contribution in [0.1, 0.15) is 20.3 Å². The summed E-state index contributed by atoms with van der Waals surface area (Å²) < 4.78 is 4.37. The zero-order valence-electron chi connectivity index (χ0n) is 8.03. The molecule has 2 unspecified atom stereocenters. The van der Waals surface area contributed by atoms with Crippen molar-refractivity contribution < 1.29 is 19.4 Å². The predicted octanol–water partition coefficient (Wildman–Crippen LogP) is 0.842. The van der Waals surface area contributed by atoms with Crippen molar-refractivity contribution in [2.75, 3.05) is 7.11 Å². The average Bonchev–Trinajstić information content (AvgIpc) is 2.03. The Labute approximate surface area is 77.1 Å². The number of amides is 1. The number of aliphatic carboxylic acids is 1. The van der Waals surface area contributed by atoms with E-state index < -0.39 is 18.0 Å². The molecule has 2 N–H and O–H groups in total. The van der Waals surface area contributed by atoms with Crippen LogP contribution in [0.4, 0.5) is 4.79 Å². The molecule has 0 fully saturated rings. The summed E-state index contributed by atoms with van der Waals surface area (Å²) in [4.78, 5) is 21.1. The number of rotatable bonds is 4. The maximum absolute atomic E-state index is 10.7. The number of ether oxygens (including phenoxy) is 1. The maximum atomic E-state index is 10.7. The van der Waals surface area contributed by atoms with E-state index >= 15 is 0 Å². The summed E-state index contributed by atoms with van der Waals surface area (Å²) in [6.07, 6.45) is -0.144. The summed E-state index contributed by atoms with van der Waals surface area (Å²) in [7, 11) is 1.27. The number of hydrogen-bond acceptors (Lipinski definition) is 3. The molecule has 0 saturated carbocycles. The second-order valence-corrected chi connectivity index (χ2v) is 3.01. The molecule has 76 valence electrons. The van der Waals surface area contributed by atoms with Crippen LogP contribution in [0.25, 0.3) is 0 Å². The molecule has 0 spiro atoms. The minimum Gasteiger partial charge on any atom is -0.481 e. The topological polar surface area (TPSA) is 75.6 Å². The molecule has 13 heavy (non-hydrogen) atoms. The number of carboxylic acids is 1. The van der Waals surface area contributed by atoms with Gasteiger partial charge in [0.2, 0.25) is 0 Å². The van der Waals surface area contributed by atoms with Crippen LogP contribution in [0, 0.1) is 5.92 Å². The Balaban J connectivity index is 3.80. The predicted molar refractivity (Wildman–Crippen MR) is 46.4 cm³/mol. The minimum atomic E-state index is -0.862. The fraction of sp³-hybridized carbons (Fsp3) is 0.750. The van der Waals surface area contributed by atoms with Gasteiger partial charge in [0.1, 0.15) is 0 Å². The number of carboxylic acid groups (broad SMARTS) is 1. The van der Waals surface area contributed by atoms with Gasteiger partial charge in [-0.05, 0) is 13.3 Å². The maximum Gasteiger partial charge on any atom is 0.407 e. The zero-order chi connectivity index (χ0) is 10.4. The Bertz CT molecular complexity index is 193. The van der Waals surface area contributed by atoms with Gasteiger partial charge in [-0.15, -0.1) is 0 Å². The number of alkyl carbamates (subject to hydrolysis) is 1. The van der Waals surface area contributed by atoms with Crippen molar-refractivity contribution in [2.24, 2.45) is 5.92 Å². The van der Waals surface area contributed by atoms with Crippen LogP contribution in [-0.4, -0.2) is 30.3 Å². The first-order chi connectivity index (χ1) is 5.97. The van der Waals surface area contributed by atoms with Crippen molar-refractivity contribution in [2.45, 2.75) is 26.3 Å². The number of nitrogens with one attached hydrogen (secondary N) is 1. The van der Waals surface area contributed by atoms with Gasteiger partial charge in [-0.1, -0.05) is 6.92 Å². The molecule has 2 atom stereocenters. The molecule has 0 radical (unpaired) electrons. The first kappa shape index (κ1) is 11.7. The molecule has 0 aliphatic carbocycles. The smallest absolute Gasteiger partial charge is 0.407 e. The van der Waals surface area contributed by atoms with Gasteiger partial charge in [0.05, 0.1) is 13.0 Å². The van der Waals surface area contributed by atoms with Crippen molar-refractivity contribution in [1.82, 2.24) is 5.32 Å². The molecule has 0 aliphatic heterocycles. The third-order valence-corrected chi connectivity index (χ3v) is 1.68. The van der Waals surface area contributed by atoms with Crippen LogP contribution in [0.15, 0.2) is 0 Å². The van der Waals surface area contributed by atoms with E-state index in [0.29, 0.717) is 6.42 Å². The van der Waals surface area contributed by atoms with Gasteiger partial charge in [-0.2, -0.15) is 0 Å². The zero-order valence-corrected chi connectivity index (χ0v) is 8.03. The highest BCUT2D eigenvalue weighted by molar-refractivity contribution is 5.70. The molecule has 0 bridgehead atoms. The molecule has 0 aromatic heterocycles. The summed E-state index contributed by atoms with van der Waals surface area (Å²) in [5.74, 6) is -1.33. The second kappa shape index (κ2) is 5.40. The van der Waals surface area contributed by atoms with E-state index in [1.54, 1.807) is 13.8 Å². The summed E-state index contributed by atoms with van der Waals surface area (Å²) in [5, 5.41) is 11.1. The fourth-order valence-corrected chi connectivity index (χ4v) is 0.950. The highest BCUT2D eigenvalue weighted by Gasteiger charge is 2.16. The van der Waals surface area contributed by atoms with Crippen LogP contribution in [0.5, 0.6) is 0 Å². The Hall–Kier alpha value is -1.26. The Morgan fingerprint density at radius 2 is 2.00 bits per heavy atom. The Kier molecular flexibility index (Phi) is 4.87. The number of carbonyl (C=O) groups excluding carboxylic acids is 1. The van der Waals surface area contributed by atoms with Crippen molar-refractivity contribution in [3.63, 3.8) is 0 Å². The van der Waals surface area contributed by atoms with Gasteiger partial charge < -0.3 is 15.2 Å². The van der Waals surface area contributed by atoms with E-state index in [1.807, 2.05) is 0 Å². The SMILES string of the molecule is COC(=O)NC(C)CC(C)C(=O)O. The quantitative estimate of drug-likeness (QED) is 0.687. The average molecular weight is 189 g/mol. The highest BCUT2D eigenvalue weighted by atomic mass is 16.5. The van der Waals surface area contributed by atoms with Crippen LogP contribution < -0.4 is 5.32 Å².